The maximum Gasteiger partial charge on any atom is 0.162 e. The second-order valence-electron chi connectivity index (χ2n) is 4.43. The minimum absolute atomic E-state index is 0.104. The molecule has 3 N–H and O–H groups in total. The lowest BCUT2D eigenvalue weighted by atomic mass is 9.97. The number of ketones is 1. The van der Waals surface area contributed by atoms with Crippen molar-refractivity contribution in [2.45, 2.75) is 32.2 Å². The second kappa shape index (κ2) is 6.52. The first-order chi connectivity index (χ1) is 8.60. The number of nitrogens with one attached hydrogen (secondary N) is 1. The van der Waals surface area contributed by atoms with Crippen molar-refractivity contribution in [1.29, 1.82) is 0 Å². The Hall–Kier alpha value is -1.39. The van der Waals surface area contributed by atoms with E-state index in [9.17, 15) is 15.0 Å². The molecule has 0 radical (unpaired) electrons. The van der Waals surface area contributed by atoms with Gasteiger partial charge in [-0.25, -0.2) is 0 Å². The van der Waals surface area contributed by atoms with Gasteiger partial charge in [0.25, 0.3) is 0 Å². The molecule has 4 heteroatoms. The molecule has 0 unspecified atom stereocenters. The van der Waals surface area contributed by atoms with Crippen molar-refractivity contribution in [3.8, 4) is 0 Å². The molecular weight excluding hydrogens is 230 g/mol. The molecule has 100 valence electrons. The molecule has 0 fully saturated rings. The summed E-state index contributed by atoms with van der Waals surface area (Å²) in [5.74, 6) is 0.104. The Kier molecular flexibility index (Phi) is 5.31. The van der Waals surface area contributed by atoms with Crippen LogP contribution in [-0.4, -0.2) is 34.7 Å². The third-order valence-corrected chi connectivity index (χ3v) is 3.22. The summed E-state index contributed by atoms with van der Waals surface area (Å²) in [5.41, 5.74) is 0.752. The van der Waals surface area contributed by atoms with Crippen LogP contribution in [0.25, 0.3) is 0 Å². The van der Waals surface area contributed by atoms with Gasteiger partial charge >= 0.3 is 0 Å². The highest BCUT2D eigenvalue weighted by Crippen LogP contribution is 2.19. The maximum atomic E-state index is 11.5. The van der Waals surface area contributed by atoms with E-state index in [-0.39, 0.29) is 19.0 Å². The predicted molar refractivity (Wildman–Crippen MR) is 71.9 cm³/mol. The highest BCUT2D eigenvalue weighted by molar-refractivity contribution is 5.96. The fourth-order valence-corrected chi connectivity index (χ4v) is 1.69. The molecule has 0 amide bonds. The summed E-state index contributed by atoms with van der Waals surface area (Å²) in [6.07, 6.45) is 1.09. The molecule has 0 aromatic heterocycles. The number of hydrogen-bond acceptors (Lipinski definition) is 4. The number of rotatable bonds is 7. The van der Waals surface area contributed by atoms with E-state index in [0.29, 0.717) is 18.4 Å². The van der Waals surface area contributed by atoms with E-state index in [0.717, 1.165) is 5.69 Å². The largest absolute Gasteiger partial charge is 0.394 e. The maximum absolute atomic E-state index is 11.5. The third kappa shape index (κ3) is 3.31. The fourth-order valence-electron chi connectivity index (χ4n) is 1.69. The number of carbonyl (C=O) groups is 1. The van der Waals surface area contributed by atoms with E-state index in [1.807, 2.05) is 13.8 Å². The molecule has 4 nitrogen and oxygen atoms in total. The second-order valence-corrected chi connectivity index (χ2v) is 4.43. The molecule has 0 spiro atoms. The van der Waals surface area contributed by atoms with Crippen LogP contribution in [0.5, 0.6) is 0 Å². The van der Waals surface area contributed by atoms with Gasteiger partial charge in [-0.3, -0.25) is 4.79 Å². The summed E-state index contributed by atoms with van der Waals surface area (Å²) in [6, 6.07) is 7.09. The van der Waals surface area contributed by atoms with Crippen LogP contribution in [0.1, 0.15) is 37.0 Å². The quantitative estimate of drug-likeness (QED) is 0.647. The zero-order valence-corrected chi connectivity index (χ0v) is 10.9. The van der Waals surface area contributed by atoms with Crippen molar-refractivity contribution in [1.82, 2.24) is 0 Å². The Morgan fingerprint density at radius 2 is 1.72 bits per heavy atom. The van der Waals surface area contributed by atoms with Crippen LogP contribution >= 0.6 is 0 Å². The van der Waals surface area contributed by atoms with Gasteiger partial charge in [-0.15, -0.1) is 0 Å². The van der Waals surface area contributed by atoms with Gasteiger partial charge in [0.05, 0.1) is 18.8 Å². The first kappa shape index (κ1) is 14.7. The lowest BCUT2D eigenvalue weighted by Crippen LogP contribution is -2.45. The monoisotopic (exact) mass is 251 g/mol. The van der Waals surface area contributed by atoms with E-state index in [2.05, 4.69) is 5.32 Å². The Balaban J connectivity index is 2.83. The van der Waals surface area contributed by atoms with Gasteiger partial charge in [0, 0.05) is 17.7 Å². The first-order valence-electron chi connectivity index (χ1n) is 6.24. The lowest BCUT2D eigenvalue weighted by Gasteiger charge is -2.30. The standard InChI is InChI=1S/C14H21NO3/c1-3-13(18)11-5-7-12(8-6-11)15-14(4-2,9-16)10-17/h5-8,15-17H,3-4,9-10H2,1-2H3. The number of aliphatic hydroxyl groups is 2. The molecule has 1 aromatic rings. The SMILES string of the molecule is CCC(=O)c1ccc(NC(CC)(CO)CO)cc1. The molecule has 18 heavy (non-hydrogen) atoms. The molecule has 1 rings (SSSR count). The average molecular weight is 251 g/mol. The summed E-state index contributed by atoms with van der Waals surface area (Å²) in [4.78, 5) is 11.5. The molecule has 0 aliphatic heterocycles. The van der Waals surface area contributed by atoms with Crippen molar-refractivity contribution < 1.29 is 15.0 Å². The predicted octanol–water partition coefficient (Wildman–Crippen LogP) is 1.82. The fraction of sp³-hybridized carbons (Fsp3) is 0.500. The minimum Gasteiger partial charge on any atom is -0.394 e. The molecular formula is C14H21NO3. The Bertz CT molecular complexity index is 374. The van der Waals surface area contributed by atoms with Crippen LogP contribution in [0.15, 0.2) is 24.3 Å². The number of carbonyl (C=O) groups excluding carboxylic acids is 1. The van der Waals surface area contributed by atoms with Crippen LogP contribution in [0.4, 0.5) is 5.69 Å². The first-order valence-corrected chi connectivity index (χ1v) is 6.24. The lowest BCUT2D eigenvalue weighted by molar-refractivity contribution is 0.0988. The summed E-state index contributed by atoms with van der Waals surface area (Å²) in [6.45, 7) is 3.44. The number of aliphatic hydroxyl groups excluding tert-OH is 2. The van der Waals surface area contributed by atoms with Crippen LogP contribution in [0.2, 0.25) is 0 Å². The number of anilines is 1. The van der Waals surface area contributed by atoms with Gasteiger partial charge in [0.15, 0.2) is 5.78 Å². The molecule has 0 atom stereocenters. The molecule has 0 bridgehead atoms. The normalized spacial score (nSPS) is 11.3. The highest BCUT2D eigenvalue weighted by Gasteiger charge is 2.26. The van der Waals surface area contributed by atoms with Crippen LogP contribution in [0.3, 0.4) is 0 Å². The topological polar surface area (TPSA) is 69.6 Å². The molecule has 0 aliphatic carbocycles. The van der Waals surface area contributed by atoms with E-state index >= 15 is 0 Å². The van der Waals surface area contributed by atoms with E-state index < -0.39 is 5.54 Å². The van der Waals surface area contributed by atoms with Gasteiger partial charge < -0.3 is 15.5 Å². The zero-order valence-electron chi connectivity index (χ0n) is 10.9. The van der Waals surface area contributed by atoms with Crippen LogP contribution < -0.4 is 5.32 Å². The van der Waals surface area contributed by atoms with Crippen molar-refractivity contribution in [3.63, 3.8) is 0 Å². The Labute approximate surface area is 108 Å². The van der Waals surface area contributed by atoms with E-state index in [1.54, 1.807) is 24.3 Å². The zero-order chi connectivity index (χ0) is 13.6. The molecule has 0 saturated heterocycles. The summed E-state index contributed by atoms with van der Waals surface area (Å²) < 4.78 is 0. The minimum atomic E-state index is -0.712. The number of Topliss-reactive ketones (excluding diaryl/α,β-unsaturated/α-hetero) is 1. The van der Waals surface area contributed by atoms with Gasteiger partial charge in [-0.1, -0.05) is 13.8 Å². The summed E-state index contributed by atoms with van der Waals surface area (Å²) in [7, 11) is 0. The molecule has 0 saturated carbocycles. The summed E-state index contributed by atoms with van der Waals surface area (Å²) >= 11 is 0. The van der Waals surface area contributed by atoms with Crippen LogP contribution in [-0.2, 0) is 0 Å². The third-order valence-electron chi connectivity index (χ3n) is 3.22. The molecule has 0 aliphatic rings. The van der Waals surface area contributed by atoms with Gasteiger partial charge in [0.2, 0.25) is 0 Å². The smallest absolute Gasteiger partial charge is 0.162 e. The Morgan fingerprint density at radius 1 is 1.17 bits per heavy atom. The summed E-state index contributed by atoms with van der Waals surface area (Å²) in [5, 5.41) is 21.8. The van der Waals surface area contributed by atoms with Gasteiger partial charge in [-0.2, -0.15) is 0 Å². The van der Waals surface area contributed by atoms with E-state index in [4.69, 9.17) is 0 Å². The molecule has 0 heterocycles. The van der Waals surface area contributed by atoms with Crippen molar-refractivity contribution in [3.05, 3.63) is 29.8 Å². The molecule has 1 aromatic carbocycles. The van der Waals surface area contributed by atoms with E-state index in [1.165, 1.54) is 0 Å². The van der Waals surface area contributed by atoms with Gasteiger partial charge in [0.1, 0.15) is 0 Å². The van der Waals surface area contributed by atoms with Crippen molar-refractivity contribution >= 4 is 11.5 Å². The van der Waals surface area contributed by atoms with Crippen molar-refractivity contribution in [2.24, 2.45) is 0 Å². The van der Waals surface area contributed by atoms with Crippen molar-refractivity contribution in [2.75, 3.05) is 18.5 Å². The number of benzene rings is 1. The average Bonchev–Trinajstić information content (AvgIpc) is 2.45. The Morgan fingerprint density at radius 3 is 2.11 bits per heavy atom. The number of hydrogen-bond donors (Lipinski definition) is 3. The van der Waals surface area contributed by atoms with Gasteiger partial charge in [-0.05, 0) is 30.7 Å². The highest BCUT2D eigenvalue weighted by atomic mass is 16.3. The van der Waals surface area contributed by atoms with Crippen LogP contribution in [0, 0.1) is 0 Å².